The Morgan fingerprint density at radius 2 is 2.29 bits per heavy atom. The molecule has 14 heavy (non-hydrogen) atoms. The predicted octanol–water partition coefficient (Wildman–Crippen LogP) is 1.86. The van der Waals surface area contributed by atoms with Crippen molar-refractivity contribution in [3.8, 4) is 0 Å². The van der Waals surface area contributed by atoms with Crippen LogP contribution in [-0.4, -0.2) is 17.4 Å². The Labute approximate surface area is 83.7 Å². The van der Waals surface area contributed by atoms with Crippen LogP contribution in [0, 0.1) is 0 Å². The van der Waals surface area contributed by atoms with Gasteiger partial charge in [0.05, 0.1) is 11.9 Å². The van der Waals surface area contributed by atoms with Crippen LogP contribution in [0.4, 0.5) is 11.5 Å². The number of carbonyl (C=O) groups is 1. The first-order valence-electron chi connectivity index (χ1n) is 4.70. The van der Waals surface area contributed by atoms with Gasteiger partial charge in [0, 0.05) is 13.5 Å². The average Bonchev–Trinajstić information content (AvgIpc) is 2.16. The van der Waals surface area contributed by atoms with E-state index in [1.165, 1.54) is 6.92 Å². The molecular formula is C10H15N3O. The molecule has 1 aromatic heterocycles. The number of rotatable bonds is 4. The van der Waals surface area contributed by atoms with E-state index in [-0.39, 0.29) is 5.91 Å². The van der Waals surface area contributed by atoms with E-state index in [2.05, 4.69) is 22.5 Å². The molecule has 0 spiro atoms. The molecule has 0 fully saturated rings. The summed E-state index contributed by atoms with van der Waals surface area (Å²) in [6.45, 7) is 4.50. The monoisotopic (exact) mass is 193 g/mol. The van der Waals surface area contributed by atoms with Crippen LogP contribution in [0.25, 0.3) is 0 Å². The van der Waals surface area contributed by atoms with E-state index in [9.17, 15) is 4.79 Å². The van der Waals surface area contributed by atoms with Gasteiger partial charge in [0.15, 0.2) is 0 Å². The zero-order valence-electron chi connectivity index (χ0n) is 8.50. The molecule has 0 atom stereocenters. The summed E-state index contributed by atoms with van der Waals surface area (Å²) in [5.41, 5.74) is 0.973. The van der Waals surface area contributed by atoms with E-state index in [0.29, 0.717) is 5.82 Å². The normalized spacial score (nSPS) is 9.57. The quantitative estimate of drug-likeness (QED) is 0.767. The molecule has 1 aromatic rings. The van der Waals surface area contributed by atoms with Gasteiger partial charge in [-0.25, -0.2) is 4.98 Å². The molecule has 0 aliphatic heterocycles. The number of anilines is 2. The van der Waals surface area contributed by atoms with Crippen molar-refractivity contribution in [2.45, 2.75) is 20.3 Å². The third-order valence-electron chi connectivity index (χ3n) is 1.65. The minimum Gasteiger partial charge on any atom is -0.384 e. The minimum atomic E-state index is -0.105. The lowest BCUT2D eigenvalue weighted by molar-refractivity contribution is -0.114. The molecule has 0 saturated carbocycles. The Balaban J connectivity index is 2.54. The number of aromatic nitrogens is 1. The fourth-order valence-electron chi connectivity index (χ4n) is 1.02. The highest BCUT2D eigenvalue weighted by Gasteiger charge is 1.96. The second kappa shape index (κ2) is 5.21. The van der Waals surface area contributed by atoms with Gasteiger partial charge in [0.2, 0.25) is 5.91 Å². The Hall–Kier alpha value is -1.58. The van der Waals surface area contributed by atoms with Crippen LogP contribution >= 0.6 is 0 Å². The third kappa shape index (κ3) is 3.43. The Kier molecular flexibility index (Phi) is 3.91. The van der Waals surface area contributed by atoms with Crippen molar-refractivity contribution in [3.05, 3.63) is 18.3 Å². The highest BCUT2D eigenvalue weighted by molar-refractivity contribution is 5.87. The van der Waals surface area contributed by atoms with E-state index < -0.39 is 0 Å². The molecule has 0 radical (unpaired) electrons. The molecule has 1 amide bonds. The molecule has 0 aliphatic carbocycles. The van der Waals surface area contributed by atoms with Crippen LogP contribution in [0.15, 0.2) is 18.3 Å². The second-order valence-corrected chi connectivity index (χ2v) is 3.04. The molecule has 4 nitrogen and oxygen atoms in total. The summed E-state index contributed by atoms with van der Waals surface area (Å²) in [7, 11) is 0. The summed E-state index contributed by atoms with van der Waals surface area (Å²) in [4.78, 5) is 14.8. The molecule has 76 valence electrons. The summed E-state index contributed by atoms with van der Waals surface area (Å²) in [6, 6.07) is 3.67. The fourth-order valence-corrected chi connectivity index (χ4v) is 1.02. The lowest BCUT2D eigenvalue weighted by Crippen LogP contribution is -2.07. The van der Waals surface area contributed by atoms with Crippen molar-refractivity contribution >= 4 is 17.4 Å². The van der Waals surface area contributed by atoms with E-state index >= 15 is 0 Å². The van der Waals surface area contributed by atoms with Gasteiger partial charge >= 0.3 is 0 Å². The number of hydrogen-bond acceptors (Lipinski definition) is 3. The van der Waals surface area contributed by atoms with Gasteiger partial charge < -0.3 is 10.6 Å². The number of hydrogen-bond donors (Lipinski definition) is 2. The molecule has 0 aliphatic rings. The van der Waals surface area contributed by atoms with Gasteiger partial charge in [0.25, 0.3) is 0 Å². The first kappa shape index (κ1) is 10.5. The summed E-state index contributed by atoms with van der Waals surface area (Å²) < 4.78 is 0. The summed E-state index contributed by atoms with van der Waals surface area (Å²) in [5.74, 6) is 0.478. The summed E-state index contributed by atoms with van der Waals surface area (Å²) in [6.07, 6.45) is 2.79. The lowest BCUT2D eigenvalue weighted by Gasteiger charge is -2.05. The summed E-state index contributed by atoms with van der Waals surface area (Å²) >= 11 is 0. The Morgan fingerprint density at radius 3 is 2.79 bits per heavy atom. The Morgan fingerprint density at radius 1 is 1.50 bits per heavy atom. The van der Waals surface area contributed by atoms with Crippen molar-refractivity contribution in [2.75, 3.05) is 17.2 Å². The first-order chi connectivity index (χ1) is 6.72. The molecule has 0 saturated heterocycles. The number of pyridine rings is 1. The van der Waals surface area contributed by atoms with Crippen LogP contribution in [-0.2, 0) is 4.79 Å². The van der Waals surface area contributed by atoms with E-state index in [1.54, 1.807) is 12.3 Å². The standard InChI is InChI=1S/C10H15N3O/c1-3-6-11-9-4-5-10(12-7-9)13-8(2)14/h4-5,7,11H,3,6H2,1-2H3,(H,12,13,14). The van der Waals surface area contributed by atoms with Gasteiger partial charge in [-0.05, 0) is 18.6 Å². The summed E-state index contributed by atoms with van der Waals surface area (Å²) in [5, 5.41) is 5.81. The number of carbonyl (C=O) groups excluding carboxylic acids is 1. The smallest absolute Gasteiger partial charge is 0.222 e. The number of nitrogens with one attached hydrogen (secondary N) is 2. The van der Waals surface area contributed by atoms with Gasteiger partial charge in [-0.2, -0.15) is 0 Å². The van der Waals surface area contributed by atoms with E-state index in [1.807, 2.05) is 6.07 Å². The van der Waals surface area contributed by atoms with Gasteiger partial charge in [-0.3, -0.25) is 4.79 Å². The van der Waals surface area contributed by atoms with Crippen molar-refractivity contribution in [1.82, 2.24) is 4.98 Å². The van der Waals surface area contributed by atoms with Gasteiger partial charge in [0.1, 0.15) is 5.82 Å². The average molecular weight is 193 g/mol. The van der Waals surface area contributed by atoms with Gasteiger partial charge in [-0.1, -0.05) is 6.92 Å². The van der Waals surface area contributed by atoms with Crippen LogP contribution in [0.1, 0.15) is 20.3 Å². The highest BCUT2D eigenvalue weighted by atomic mass is 16.1. The van der Waals surface area contributed by atoms with Crippen molar-refractivity contribution < 1.29 is 4.79 Å². The molecule has 0 aromatic carbocycles. The van der Waals surface area contributed by atoms with Crippen molar-refractivity contribution in [2.24, 2.45) is 0 Å². The molecule has 1 rings (SSSR count). The molecule has 1 heterocycles. The number of amides is 1. The van der Waals surface area contributed by atoms with Crippen molar-refractivity contribution in [1.29, 1.82) is 0 Å². The first-order valence-corrected chi connectivity index (χ1v) is 4.70. The van der Waals surface area contributed by atoms with Crippen molar-refractivity contribution in [3.63, 3.8) is 0 Å². The lowest BCUT2D eigenvalue weighted by atomic mass is 10.4. The molecular weight excluding hydrogens is 178 g/mol. The maximum absolute atomic E-state index is 10.7. The zero-order valence-corrected chi connectivity index (χ0v) is 8.50. The fraction of sp³-hybridized carbons (Fsp3) is 0.400. The zero-order chi connectivity index (χ0) is 10.4. The SMILES string of the molecule is CCCNc1ccc(NC(C)=O)nc1. The predicted molar refractivity (Wildman–Crippen MR) is 57.3 cm³/mol. The van der Waals surface area contributed by atoms with E-state index in [4.69, 9.17) is 0 Å². The van der Waals surface area contributed by atoms with Crippen LogP contribution in [0.2, 0.25) is 0 Å². The largest absolute Gasteiger partial charge is 0.384 e. The molecule has 0 unspecified atom stereocenters. The topological polar surface area (TPSA) is 54.0 Å². The maximum Gasteiger partial charge on any atom is 0.222 e. The highest BCUT2D eigenvalue weighted by Crippen LogP contribution is 2.09. The number of nitrogens with zero attached hydrogens (tertiary/aromatic N) is 1. The van der Waals surface area contributed by atoms with Crippen LogP contribution < -0.4 is 10.6 Å². The molecule has 0 bridgehead atoms. The minimum absolute atomic E-state index is 0.105. The third-order valence-corrected chi connectivity index (χ3v) is 1.65. The second-order valence-electron chi connectivity index (χ2n) is 3.04. The molecule has 2 N–H and O–H groups in total. The Bertz CT molecular complexity index is 295. The van der Waals surface area contributed by atoms with E-state index in [0.717, 1.165) is 18.7 Å². The molecule has 4 heteroatoms. The van der Waals surface area contributed by atoms with Crippen LogP contribution in [0.5, 0.6) is 0 Å². The maximum atomic E-state index is 10.7. The van der Waals surface area contributed by atoms with Gasteiger partial charge in [-0.15, -0.1) is 0 Å². The van der Waals surface area contributed by atoms with Crippen LogP contribution in [0.3, 0.4) is 0 Å².